The van der Waals surface area contributed by atoms with Crippen LogP contribution in [0, 0.1) is 5.82 Å². The normalized spacial score (nSPS) is 14.8. The quantitative estimate of drug-likeness (QED) is 0.581. The molecule has 1 fully saturated rings. The number of para-hydroxylation sites is 2. The zero-order chi connectivity index (χ0) is 20.1. The fourth-order valence-corrected chi connectivity index (χ4v) is 4.13. The first kappa shape index (κ1) is 19.7. The molecule has 0 unspecified atom stereocenters. The fraction of sp³-hybridized carbons (Fsp3) is 0.318. The van der Waals surface area contributed by atoms with Gasteiger partial charge in [-0.2, -0.15) is 0 Å². The lowest BCUT2D eigenvalue weighted by atomic mass is 10.2. The molecular weight excluding hydrogens is 389 g/mol. The maximum Gasteiger partial charge on any atom is 0.142 e. The van der Waals surface area contributed by atoms with Gasteiger partial charge in [-0.25, -0.2) is 9.37 Å². The highest BCUT2D eigenvalue weighted by Crippen LogP contribution is 2.28. The van der Waals surface area contributed by atoms with Crippen LogP contribution in [0.1, 0.15) is 10.7 Å². The summed E-state index contributed by atoms with van der Waals surface area (Å²) in [6.07, 6.45) is 0. The van der Waals surface area contributed by atoms with Gasteiger partial charge in [-0.05, 0) is 36.4 Å². The van der Waals surface area contributed by atoms with Crippen LogP contribution in [-0.4, -0.2) is 43.2 Å². The molecule has 1 aliphatic rings. The van der Waals surface area contributed by atoms with E-state index < -0.39 is 0 Å². The largest absolute Gasteiger partial charge is 0.495 e. The topological polar surface area (TPSA) is 37.8 Å². The first-order valence-corrected chi connectivity index (χ1v) is 10.5. The van der Waals surface area contributed by atoms with Gasteiger partial charge in [-0.3, -0.25) is 4.90 Å². The van der Waals surface area contributed by atoms with Gasteiger partial charge in [0.1, 0.15) is 28.9 Å². The van der Waals surface area contributed by atoms with Gasteiger partial charge in [0, 0.05) is 38.1 Å². The molecule has 0 aliphatic carbocycles. The lowest BCUT2D eigenvalue weighted by Crippen LogP contribution is -2.46. The van der Waals surface area contributed by atoms with Crippen molar-refractivity contribution < 1.29 is 13.9 Å². The van der Waals surface area contributed by atoms with Crippen LogP contribution >= 0.6 is 11.3 Å². The Morgan fingerprint density at radius 3 is 2.55 bits per heavy atom. The number of benzene rings is 2. The maximum atomic E-state index is 13.0. The van der Waals surface area contributed by atoms with Crippen molar-refractivity contribution in [3.8, 4) is 11.5 Å². The predicted octanol–water partition coefficient (Wildman–Crippen LogP) is 4.19. The second-order valence-electron chi connectivity index (χ2n) is 6.91. The maximum absolute atomic E-state index is 13.0. The summed E-state index contributed by atoms with van der Waals surface area (Å²) >= 11 is 1.60. The molecular formula is C22H24FN3O2S. The molecule has 29 heavy (non-hydrogen) atoms. The minimum Gasteiger partial charge on any atom is -0.495 e. The van der Waals surface area contributed by atoms with E-state index in [9.17, 15) is 4.39 Å². The Kier molecular flexibility index (Phi) is 6.27. The molecule has 1 aromatic heterocycles. The summed E-state index contributed by atoms with van der Waals surface area (Å²) < 4.78 is 24.1. The Bertz CT molecular complexity index is 924. The second kappa shape index (κ2) is 9.24. The van der Waals surface area contributed by atoms with Crippen molar-refractivity contribution in [1.29, 1.82) is 0 Å². The van der Waals surface area contributed by atoms with Crippen molar-refractivity contribution in [2.24, 2.45) is 0 Å². The number of thiazole rings is 1. The molecule has 1 aliphatic heterocycles. The van der Waals surface area contributed by atoms with Gasteiger partial charge < -0.3 is 14.4 Å². The van der Waals surface area contributed by atoms with Gasteiger partial charge in [-0.1, -0.05) is 12.1 Å². The summed E-state index contributed by atoms with van der Waals surface area (Å²) in [5, 5.41) is 3.02. The summed E-state index contributed by atoms with van der Waals surface area (Å²) in [4.78, 5) is 9.48. The molecule has 2 heterocycles. The van der Waals surface area contributed by atoms with Crippen molar-refractivity contribution in [3.63, 3.8) is 0 Å². The fourth-order valence-electron chi connectivity index (χ4n) is 3.43. The third kappa shape index (κ3) is 5.05. The van der Waals surface area contributed by atoms with Gasteiger partial charge >= 0.3 is 0 Å². The number of aromatic nitrogens is 1. The van der Waals surface area contributed by atoms with Crippen molar-refractivity contribution in [3.05, 3.63) is 70.4 Å². The van der Waals surface area contributed by atoms with Crippen LogP contribution in [0.5, 0.6) is 11.5 Å². The van der Waals surface area contributed by atoms with Crippen LogP contribution in [0.15, 0.2) is 53.9 Å². The van der Waals surface area contributed by atoms with E-state index in [0.29, 0.717) is 12.4 Å². The molecule has 0 bridgehead atoms. The van der Waals surface area contributed by atoms with E-state index in [1.807, 2.05) is 12.1 Å². The third-order valence-electron chi connectivity index (χ3n) is 4.96. The molecule has 0 atom stereocenters. The smallest absolute Gasteiger partial charge is 0.142 e. The average Bonchev–Trinajstić information content (AvgIpc) is 3.21. The van der Waals surface area contributed by atoms with Crippen molar-refractivity contribution in [1.82, 2.24) is 9.88 Å². The first-order valence-electron chi connectivity index (χ1n) is 9.63. The van der Waals surface area contributed by atoms with Crippen molar-refractivity contribution in [2.45, 2.75) is 13.2 Å². The molecule has 3 aromatic rings. The summed E-state index contributed by atoms with van der Waals surface area (Å²) in [5.74, 6) is 1.31. The average molecular weight is 414 g/mol. The minimum absolute atomic E-state index is 0.264. The standard InChI is InChI=1S/C22H24FN3O2S/c1-27-21-5-3-2-4-20(21)26-12-10-25(11-13-26)14-18-16-29-22(24-18)15-28-19-8-6-17(23)7-9-19/h2-9,16H,10-15H2,1H3. The van der Waals surface area contributed by atoms with Gasteiger partial charge in [0.2, 0.25) is 0 Å². The molecule has 5 nitrogen and oxygen atoms in total. The third-order valence-corrected chi connectivity index (χ3v) is 5.83. The van der Waals surface area contributed by atoms with Crippen LogP contribution in [0.4, 0.5) is 10.1 Å². The minimum atomic E-state index is -0.264. The summed E-state index contributed by atoms with van der Waals surface area (Å²) in [7, 11) is 1.72. The number of piperazine rings is 1. The highest BCUT2D eigenvalue weighted by Gasteiger charge is 2.20. The highest BCUT2D eigenvalue weighted by atomic mass is 32.1. The molecule has 2 aromatic carbocycles. The molecule has 0 amide bonds. The number of halogens is 1. The van der Waals surface area contributed by atoms with Crippen LogP contribution in [0.2, 0.25) is 0 Å². The number of methoxy groups -OCH3 is 1. The highest BCUT2D eigenvalue weighted by molar-refractivity contribution is 7.09. The molecule has 0 radical (unpaired) electrons. The molecule has 7 heteroatoms. The Morgan fingerprint density at radius 2 is 1.79 bits per heavy atom. The van der Waals surface area contributed by atoms with Crippen molar-refractivity contribution >= 4 is 17.0 Å². The summed E-state index contributed by atoms with van der Waals surface area (Å²) in [5.41, 5.74) is 2.22. The molecule has 1 saturated heterocycles. The Labute approximate surface area is 174 Å². The summed E-state index contributed by atoms with van der Waals surface area (Å²) in [6.45, 7) is 5.13. The number of rotatable bonds is 7. The lowest BCUT2D eigenvalue weighted by molar-refractivity contribution is 0.246. The number of nitrogens with zero attached hydrogens (tertiary/aromatic N) is 3. The molecule has 152 valence electrons. The Hall–Kier alpha value is -2.64. The predicted molar refractivity (Wildman–Crippen MR) is 113 cm³/mol. The van der Waals surface area contributed by atoms with Gasteiger partial charge in [0.05, 0.1) is 18.5 Å². The van der Waals surface area contributed by atoms with E-state index in [-0.39, 0.29) is 5.82 Å². The van der Waals surface area contributed by atoms with Gasteiger partial charge in [0.25, 0.3) is 0 Å². The van der Waals surface area contributed by atoms with Crippen LogP contribution < -0.4 is 14.4 Å². The van der Waals surface area contributed by atoms with E-state index in [0.717, 1.165) is 54.9 Å². The molecule has 0 spiro atoms. The molecule has 0 saturated carbocycles. The Balaban J connectivity index is 1.27. The van der Waals surface area contributed by atoms with Gasteiger partial charge in [-0.15, -0.1) is 11.3 Å². The molecule has 0 N–H and O–H groups in total. The lowest BCUT2D eigenvalue weighted by Gasteiger charge is -2.36. The number of hydrogen-bond acceptors (Lipinski definition) is 6. The van der Waals surface area contributed by atoms with Crippen LogP contribution in [0.25, 0.3) is 0 Å². The second-order valence-corrected chi connectivity index (χ2v) is 7.85. The summed E-state index contributed by atoms with van der Waals surface area (Å²) in [6, 6.07) is 14.2. The van der Waals surface area contributed by atoms with E-state index in [1.165, 1.54) is 12.1 Å². The van der Waals surface area contributed by atoms with E-state index >= 15 is 0 Å². The van der Waals surface area contributed by atoms with Crippen LogP contribution in [0.3, 0.4) is 0 Å². The SMILES string of the molecule is COc1ccccc1N1CCN(Cc2csc(COc3ccc(F)cc3)n2)CC1. The first-order chi connectivity index (χ1) is 14.2. The zero-order valence-electron chi connectivity index (χ0n) is 16.4. The number of ether oxygens (including phenoxy) is 2. The van der Waals surface area contributed by atoms with Crippen LogP contribution in [-0.2, 0) is 13.2 Å². The monoisotopic (exact) mass is 413 g/mol. The van der Waals surface area contributed by atoms with E-state index in [2.05, 4.69) is 32.3 Å². The van der Waals surface area contributed by atoms with E-state index in [1.54, 1.807) is 30.6 Å². The zero-order valence-corrected chi connectivity index (χ0v) is 17.2. The Morgan fingerprint density at radius 1 is 1.03 bits per heavy atom. The molecule has 4 rings (SSSR count). The number of hydrogen-bond donors (Lipinski definition) is 0. The van der Waals surface area contributed by atoms with E-state index in [4.69, 9.17) is 9.47 Å². The van der Waals surface area contributed by atoms with Crippen molar-refractivity contribution in [2.75, 3.05) is 38.2 Å². The van der Waals surface area contributed by atoms with Gasteiger partial charge in [0.15, 0.2) is 0 Å². The number of anilines is 1.